The Labute approximate surface area is 158 Å². The Morgan fingerprint density at radius 1 is 1.30 bits per heavy atom. The first-order valence-corrected chi connectivity index (χ1v) is 9.66. The third-order valence-electron chi connectivity index (χ3n) is 6.10. The van der Waals surface area contributed by atoms with Crippen molar-refractivity contribution in [1.82, 2.24) is 15.5 Å². The van der Waals surface area contributed by atoms with Crippen LogP contribution in [0.4, 0.5) is 4.79 Å². The number of hydrogen-bond acceptors (Lipinski definition) is 4. The van der Waals surface area contributed by atoms with Crippen molar-refractivity contribution in [2.24, 2.45) is 5.92 Å². The van der Waals surface area contributed by atoms with E-state index < -0.39 is 11.6 Å². The Hall–Kier alpha value is -2.57. The van der Waals surface area contributed by atoms with Crippen molar-refractivity contribution in [1.29, 1.82) is 0 Å². The summed E-state index contributed by atoms with van der Waals surface area (Å²) in [5, 5.41) is 5.83. The number of nitrogens with zero attached hydrogens (tertiary/aromatic N) is 1. The zero-order valence-electron chi connectivity index (χ0n) is 15.5. The number of nitrogens with one attached hydrogen (secondary N) is 2. The van der Waals surface area contributed by atoms with Crippen molar-refractivity contribution in [2.45, 2.75) is 50.6 Å². The predicted octanol–water partition coefficient (Wildman–Crippen LogP) is 2.13. The van der Waals surface area contributed by atoms with Crippen LogP contribution in [0.3, 0.4) is 0 Å². The fourth-order valence-corrected chi connectivity index (χ4v) is 4.51. The van der Waals surface area contributed by atoms with Crippen molar-refractivity contribution >= 4 is 17.8 Å². The molecule has 4 amide bonds. The molecule has 2 heterocycles. The third kappa shape index (κ3) is 3.05. The molecule has 2 N–H and O–H groups in total. The number of carbonyl (C=O) groups is 3. The minimum Gasteiger partial charge on any atom is -0.493 e. The molecule has 1 aromatic carbocycles. The number of amides is 4. The first-order chi connectivity index (χ1) is 13.0. The molecule has 1 saturated carbocycles. The van der Waals surface area contributed by atoms with Gasteiger partial charge >= 0.3 is 6.03 Å². The van der Waals surface area contributed by atoms with Gasteiger partial charge in [0.2, 0.25) is 5.91 Å². The minimum atomic E-state index is -0.832. The lowest BCUT2D eigenvalue weighted by Crippen LogP contribution is -2.54. The molecule has 0 unspecified atom stereocenters. The Morgan fingerprint density at radius 2 is 2.11 bits per heavy atom. The molecule has 2 fully saturated rings. The van der Waals surface area contributed by atoms with Crippen molar-refractivity contribution in [3.8, 4) is 5.75 Å². The second-order valence-corrected chi connectivity index (χ2v) is 7.73. The molecule has 3 atom stereocenters. The molecular weight excluding hydrogens is 346 g/mol. The van der Waals surface area contributed by atoms with E-state index in [1.807, 2.05) is 31.2 Å². The average Bonchev–Trinajstić information content (AvgIpc) is 2.89. The lowest BCUT2D eigenvalue weighted by Gasteiger charge is -2.36. The Kier molecular flexibility index (Phi) is 4.53. The maximum Gasteiger partial charge on any atom is 0.325 e. The largest absolute Gasteiger partial charge is 0.493 e. The van der Waals surface area contributed by atoms with Gasteiger partial charge in [0.05, 0.1) is 12.6 Å². The van der Waals surface area contributed by atoms with Crippen molar-refractivity contribution in [2.75, 3.05) is 13.2 Å². The molecular formula is C20H25N3O4. The Balaban J connectivity index is 1.44. The van der Waals surface area contributed by atoms with Crippen LogP contribution in [0.5, 0.6) is 5.75 Å². The van der Waals surface area contributed by atoms with Crippen molar-refractivity contribution in [3.63, 3.8) is 0 Å². The summed E-state index contributed by atoms with van der Waals surface area (Å²) >= 11 is 0. The van der Waals surface area contributed by atoms with Gasteiger partial charge in [-0.25, -0.2) is 4.79 Å². The van der Waals surface area contributed by atoms with Gasteiger partial charge in [-0.05, 0) is 24.8 Å². The van der Waals surface area contributed by atoms with E-state index >= 15 is 0 Å². The Morgan fingerprint density at radius 3 is 2.93 bits per heavy atom. The van der Waals surface area contributed by atoms with Crippen LogP contribution in [-0.4, -0.2) is 41.4 Å². The van der Waals surface area contributed by atoms with E-state index in [4.69, 9.17) is 4.74 Å². The van der Waals surface area contributed by atoms with Crippen molar-refractivity contribution in [3.05, 3.63) is 29.8 Å². The molecule has 0 aromatic heterocycles. The monoisotopic (exact) mass is 371 g/mol. The summed E-state index contributed by atoms with van der Waals surface area (Å²) in [5.41, 5.74) is 0.0904. The van der Waals surface area contributed by atoms with Gasteiger partial charge in [0, 0.05) is 12.0 Å². The molecule has 4 rings (SSSR count). The highest BCUT2D eigenvalue weighted by atomic mass is 16.5. The normalized spacial score (nSPS) is 29.9. The molecule has 1 saturated heterocycles. The summed E-state index contributed by atoms with van der Waals surface area (Å²) < 4.78 is 5.61. The highest BCUT2D eigenvalue weighted by Gasteiger charge is 2.55. The summed E-state index contributed by atoms with van der Waals surface area (Å²) in [5.74, 6) is 0.250. The molecule has 7 heteroatoms. The molecule has 7 nitrogen and oxygen atoms in total. The topological polar surface area (TPSA) is 87.7 Å². The van der Waals surface area contributed by atoms with Crippen LogP contribution in [0.2, 0.25) is 0 Å². The number of benzene rings is 1. The summed E-state index contributed by atoms with van der Waals surface area (Å²) in [6, 6.07) is 6.95. The van der Waals surface area contributed by atoms with Gasteiger partial charge in [-0.2, -0.15) is 0 Å². The SMILES string of the molecule is C[C@H]1CCCC[C@@]12NC(=O)N(CC(=O)N[C@@H]1CCOc3ccccc31)C2=O. The third-order valence-corrected chi connectivity index (χ3v) is 6.10. The summed E-state index contributed by atoms with van der Waals surface area (Å²) in [6.07, 6.45) is 4.18. The van der Waals surface area contributed by atoms with Gasteiger partial charge in [-0.1, -0.05) is 38.0 Å². The minimum absolute atomic E-state index is 0.0816. The Bertz CT molecular complexity index is 780. The van der Waals surface area contributed by atoms with Crippen LogP contribution in [0.25, 0.3) is 0 Å². The molecule has 1 spiro atoms. The first-order valence-electron chi connectivity index (χ1n) is 9.66. The van der Waals surface area contributed by atoms with Crippen LogP contribution < -0.4 is 15.4 Å². The number of hydrogen-bond donors (Lipinski definition) is 2. The summed E-state index contributed by atoms with van der Waals surface area (Å²) in [7, 11) is 0. The molecule has 2 aliphatic heterocycles. The van der Waals surface area contributed by atoms with Crippen molar-refractivity contribution < 1.29 is 19.1 Å². The zero-order valence-corrected chi connectivity index (χ0v) is 15.5. The lowest BCUT2D eigenvalue weighted by atomic mass is 9.73. The summed E-state index contributed by atoms with van der Waals surface area (Å²) in [6.45, 7) is 2.27. The zero-order chi connectivity index (χ0) is 19.0. The molecule has 27 heavy (non-hydrogen) atoms. The number of fused-ring (bicyclic) bond motifs is 1. The first kappa shape index (κ1) is 17.8. The number of rotatable bonds is 3. The molecule has 1 aliphatic carbocycles. The van der Waals surface area contributed by atoms with Gasteiger partial charge in [-0.3, -0.25) is 14.5 Å². The average molecular weight is 371 g/mol. The van der Waals surface area contributed by atoms with E-state index in [1.165, 1.54) is 0 Å². The van der Waals surface area contributed by atoms with E-state index in [-0.39, 0.29) is 30.3 Å². The summed E-state index contributed by atoms with van der Waals surface area (Å²) in [4.78, 5) is 39.1. The molecule has 3 aliphatic rings. The van der Waals surface area contributed by atoms with E-state index in [0.717, 1.165) is 35.5 Å². The van der Waals surface area contributed by atoms with Crippen LogP contribution in [0.15, 0.2) is 24.3 Å². The second kappa shape index (κ2) is 6.87. The molecule has 1 aromatic rings. The van der Waals surface area contributed by atoms with Gasteiger partial charge in [0.1, 0.15) is 17.8 Å². The van der Waals surface area contributed by atoms with Crippen LogP contribution in [-0.2, 0) is 9.59 Å². The number of ether oxygens (including phenoxy) is 1. The smallest absolute Gasteiger partial charge is 0.325 e. The van der Waals surface area contributed by atoms with E-state index in [2.05, 4.69) is 10.6 Å². The maximum absolute atomic E-state index is 13.0. The second-order valence-electron chi connectivity index (χ2n) is 7.73. The number of urea groups is 1. The van der Waals surface area contributed by atoms with Crippen LogP contribution in [0.1, 0.15) is 50.6 Å². The number of imide groups is 1. The fourth-order valence-electron chi connectivity index (χ4n) is 4.51. The maximum atomic E-state index is 13.0. The molecule has 0 radical (unpaired) electrons. The standard InChI is InChI=1S/C20H25N3O4/c1-13-6-4-5-10-20(13)18(25)23(19(26)22-20)12-17(24)21-15-9-11-27-16-8-3-2-7-14(15)16/h2-3,7-8,13,15H,4-6,9-12H2,1H3,(H,21,24)(H,22,26)/t13-,15+,20+/m0/s1. The number of carbonyl (C=O) groups excluding carboxylic acids is 3. The number of para-hydroxylation sites is 1. The van der Waals surface area contributed by atoms with Crippen LogP contribution in [0, 0.1) is 5.92 Å². The van der Waals surface area contributed by atoms with Gasteiger partial charge in [-0.15, -0.1) is 0 Å². The quantitative estimate of drug-likeness (QED) is 0.797. The molecule has 144 valence electrons. The van der Waals surface area contributed by atoms with E-state index in [0.29, 0.717) is 19.4 Å². The van der Waals surface area contributed by atoms with Gasteiger partial charge in [0.25, 0.3) is 5.91 Å². The van der Waals surface area contributed by atoms with Gasteiger partial charge < -0.3 is 15.4 Å². The van der Waals surface area contributed by atoms with Gasteiger partial charge in [0.15, 0.2) is 0 Å². The van der Waals surface area contributed by atoms with E-state index in [9.17, 15) is 14.4 Å². The van der Waals surface area contributed by atoms with Crippen LogP contribution >= 0.6 is 0 Å². The fraction of sp³-hybridized carbons (Fsp3) is 0.550. The highest BCUT2D eigenvalue weighted by molar-refractivity contribution is 6.09. The lowest BCUT2D eigenvalue weighted by molar-refractivity contribution is -0.137. The van der Waals surface area contributed by atoms with E-state index in [1.54, 1.807) is 0 Å². The highest BCUT2D eigenvalue weighted by Crippen LogP contribution is 2.38. The predicted molar refractivity (Wildman–Crippen MR) is 98.0 cm³/mol. The molecule has 0 bridgehead atoms.